The normalized spacial score (nSPS) is 25.5. The van der Waals surface area contributed by atoms with Crippen LogP contribution in [-0.4, -0.2) is 30.5 Å². The zero-order chi connectivity index (χ0) is 21.3. The second kappa shape index (κ2) is 6.77. The van der Waals surface area contributed by atoms with Gasteiger partial charge in [-0.2, -0.15) is 0 Å². The summed E-state index contributed by atoms with van der Waals surface area (Å²) in [6.07, 6.45) is 10.4. The lowest BCUT2D eigenvalue weighted by atomic mass is 9.62. The minimum atomic E-state index is -0.321. The topological polar surface area (TPSA) is 71.4 Å². The summed E-state index contributed by atoms with van der Waals surface area (Å²) in [6.45, 7) is 4.16. The minimum absolute atomic E-state index is 0.321. The van der Waals surface area contributed by atoms with Gasteiger partial charge in [-0.15, -0.1) is 0 Å². The maximum atomic E-state index is 14.3. The standard InChI is InChI=1S/C24H27FN6/c1-12-14-4-6-15(7-5-14)20(12)28-21-16-8-9-31(3)24(16)30-22(29-21)17-10-26-23-19(17)13(2)18(25)11-27-23/h8-12,14-15,20H,4-7H2,1-3H3,(H,26,27)(H,28,29,30). The highest BCUT2D eigenvalue weighted by atomic mass is 19.1. The van der Waals surface area contributed by atoms with E-state index in [9.17, 15) is 4.39 Å². The predicted octanol–water partition coefficient (Wildman–Crippen LogP) is 5.20. The maximum absolute atomic E-state index is 14.3. The van der Waals surface area contributed by atoms with Crippen LogP contribution in [0.4, 0.5) is 10.2 Å². The van der Waals surface area contributed by atoms with Crippen molar-refractivity contribution in [1.29, 1.82) is 0 Å². The summed E-state index contributed by atoms with van der Waals surface area (Å²) in [7, 11) is 2.00. The first-order valence-corrected chi connectivity index (χ1v) is 11.2. The largest absolute Gasteiger partial charge is 0.366 e. The van der Waals surface area contributed by atoms with Crippen LogP contribution in [0.3, 0.4) is 0 Å². The second-order valence-corrected chi connectivity index (χ2v) is 9.42. The highest BCUT2D eigenvalue weighted by Crippen LogP contribution is 2.46. The van der Waals surface area contributed by atoms with Crippen LogP contribution in [0.5, 0.6) is 0 Å². The van der Waals surface area contributed by atoms with Crippen molar-refractivity contribution < 1.29 is 4.39 Å². The number of anilines is 1. The molecule has 0 amide bonds. The van der Waals surface area contributed by atoms with E-state index < -0.39 is 0 Å². The number of aromatic amines is 1. The third-order valence-electron chi connectivity index (χ3n) is 7.80. The van der Waals surface area contributed by atoms with E-state index in [-0.39, 0.29) is 5.82 Å². The first-order chi connectivity index (χ1) is 15.0. The van der Waals surface area contributed by atoms with Gasteiger partial charge < -0.3 is 14.9 Å². The molecule has 160 valence electrons. The van der Waals surface area contributed by atoms with Gasteiger partial charge in [-0.1, -0.05) is 6.92 Å². The molecule has 2 N–H and O–H groups in total. The number of nitrogens with one attached hydrogen (secondary N) is 2. The zero-order valence-corrected chi connectivity index (χ0v) is 18.1. The molecule has 3 aliphatic rings. The first-order valence-electron chi connectivity index (χ1n) is 11.2. The molecular weight excluding hydrogens is 391 g/mol. The number of H-pyrrole nitrogens is 1. The summed E-state index contributed by atoms with van der Waals surface area (Å²) < 4.78 is 16.3. The molecule has 2 bridgehead atoms. The second-order valence-electron chi connectivity index (χ2n) is 9.42. The Labute approximate surface area is 180 Å². The Bertz CT molecular complexity index is 1290. The summed E-state index contributed by atoms with van der Waals surface area (Å²) in [5.41, 5.74) is 2.86. The Balaban J connectivity index is 1.50. The van der Waals surface area contributed by atoms with E-state index in [1.807, 2.05) is 24.0 Å². The lowest BCUT2D eigenvalue weighted by molar-refractivity contribution is 0.0929. The third kappa shape index (κ3) is 2.78. The number of aryl methyl sites for hydroxylation is 2. The molecule has 3 aliphatic carbocycles. The maximum Gasteiger partial charge on any atom is 0.166 e. The molecule has 0 saturated heterocycles. The molecule has 4 aromatic rings. The van der Waals surface area contributed by atoms with Crippen LogP contribution in [0.25, 0.3) is 33.5 Å². The SMILES string of the molecule is Cc1c(F)cnc2[nH]cc(-c3nc(NC4C5CCC(CC5)C4C)c4ccn(C)c4n3)c12. The highest BCUT2D eigenvalue weighted by molar-refractivity contribution is 5.96. The number of rotatable bonds is 3. The fourth-order valence-electron chi connectivity index (χ4n) is 5.93. The lowest BCUT2D eigenvalue weighted by Gasteiger charge is -2.47. The fraction of sp³-hybridized carbons (Fsp3) is 0.458. The Morgan fingerprint density at radius 2 is 1.94 bits per heavy atom. The molecule has 3 saturated carbocycles. The minimum Gasteiger partial charge on any atom is -0.366 e. The van der Waals surface area contributed by atoms with Crippen molar-refractivity contribution in [3.05, 3.63) is 36.0 Å². The molecule has 6 nitrogen and oxygen atoms in total. The fourth-order valence-corrected chi connectivity index (χ4v) is 5.93. The first kappa shape index (κ1) is 18.8. The van der Waals surface area contributed by atoms with Gasteiger partial charge in [0, 0.05) is 36.4 Å². The van der Waals surface area contributed by atoms with Gasteiger partial charge in [0.25, 0.3) is 0 Å². The van der Waals surface area contributed by atoms with Crippen molar-refractivity contribution >= 4 is 27.9 Å². The Hall–Kier alpha value is -2.96. The smallest absolute Gasteiger partial charge is 0.166 e. The van der Waals surface area contributed by atoms with Gasteiger partial charge in [-0.05, 0) is 62.0 Å². The quantitative estimate of drug-likeness (QED) is 0.480. The molecule has 2 unspecified atom stereocenters. The van der Waals surface area contributed by atoms with Gasteiger partial charge in [0.05, 0.1) is 11.6 Å². The number of halogens is 1. The van der Waals surface area contributed by atoms with Crippen LogP contribution in [-0.2, 0) is 7.05 Å². The van der Waals surface area contributed by atoms with Gasteiger partial charge in [-0.3, -0.25) is 0 Å². The van der Waals surface area contributed by atoms with Crippen molar-refractivity contribution in [2.45, 2.75) is 45.6 Å². The Kier molecular flexibility index (Phi) is 4.10. The van der Waals surface area contributed by atoms with Crippen LogP contribution in [0.1, 0.15) is 38.2 Å². The molecule has 4 heterocycles. The molecule has 7 rings (SSSR count). The van der Waals surface area contributed by atoms with Crippen molar-refractivity contribution in [2.24, 2.45) is 24.8 Å². The van der Waals surface area contributed by atoms with Gasteiger partial charge in [0.15, 0.2) is 5.82 Å². The van der Waals surface area contributed by atoms with Crippen molar-refractivity contribution in [3.63, 3.8) is 0 Å². The summed E-state index contributed by atoms with van der Waals surface area (Å²) >= 11 is 0. The summed E-state index contributed by atoms with van der Waals surface area (Å²) in [4.78, 5) is 17.2. The molecule has 3 fully saturated rings. The average molecular weight is 419 g/mol. The molecule has 31 heavy (non-hydrogen) atoms. The van der Waals surface area contributed by atoms with Gasteiger partial charge >= 0.3 is 0 Å². The van der Waals surface area contributed by atoms with E-state index in [0.29, 0.717) is 34.9 Å². The molecule has 4 aromatic heterocycles. The van der Waals surface area contributed by atoms with Crippen LogP contribution >= 0.6 is 0 Å². The highest BCUT2D eigenvalue weighted by Gasteiger charge is 2.41. The molecule has 2 atom stereocenters. The number of aromatic nitrogens is 5. The predicted molar refractivity (Wildman–Crippen MR) is 120 cm³/mol. The van der Waals surface area contributed by atoms with E-state index in [1.54, 1.807) is 6.92 Å². The summed E-state index contributed by atoms with van der Waals surface area (Å²) in [5.74, 6) is 3.29. The van der Waals surface area contributed by atoms with E-state index in [0.717, 1.165) is 33.7 Å². The van der Waals surface area contributed by atoms with E-state index in [4.69, 9.17) is 9.97 Å². The molecule has 0 spiro atoms. The number of hydrogen-bond donors (Lipinski definition) is 2. The van der Waals surface area contributed by atoms with Crippen LogP contribution in [0.2, 0.25) is 0 Å². The van der Waals surface area contributed by atoms with Crippen LogP contribution < -0.4 is 5.32 Å². The van der Waals surface area contributed by atoms with Crippen molar-refractivity contribution in [3.8, 4) is 11.4 Å². The molecule has 0 radical (unpaired) electrons. The van der Waals surface area contributed by atoms with Crippen LogP contribution in [0.15, 0.2) is 24.7 Å². The monoisotopic (exact) mass is 418 g/mol. The van der Waals surface area contributed by atoms with Gasteiger partial charge in [0.1, 0.15) is 22.9 Å². The zero-order valence-electron chi connectivity index (χ0n) is 18.1. The number of hydrogen-bond acceptors (Lipinski definition) is 4. The molecule has 0 aliphatic heterocycles. The number of pyridine rings is 1. The molecular formula is C24H27FN6. The summed E-state index contributed by atoms with van der Waals surface area (Å²) in [6, 6.07) is 2.51. The van der Waals surface area contributed by atoms with Crippen LogP contribution in [0, 0.1) is 30.5 Å². The van der Waals surface area contributed by atoms with Crippen molar-refractivity contribution in [2.75, 3.05) is 5.32 Å². The molecule has 7 heteroatoms. The van der Waals surface area contributed by atoms with E-state index in [2.05, 4.69) is 28.3 Å². The van der Waals surface area contributed by atoms with E-state index in [1.165, 1.54) is 31.9 Å². The average Bonchev–Trinajstić information content (AvgIpc) is 3.38. The number of nitrogens with zero attached hydrogens (tertiary/aromatic N) is 4. The van der Waals surface area contributed by atoms with E-state index >= 15 is 0 Å². The Morgan fingerprint density at radius 1 is 1.16 bits per heavy atom. The Morgan fingerprint density at radius 3 is 2.71 bits per heavy atom. The summed E-state index contributed by atoms with van der Waals surface area (Å²) in [5, 5.41) is 5.60. The number of fused-ring (bicyclic) bond motifs is 5. The van der Waals surface area contributed by atoms with Gasteiger partial charge in [0.2, 0.25) is 0 Å². The van der Waals surface area contributed by atoms with Gasteiger partial charge in [-0.25, -0.2) is 19.3 Å². The molecule has 0 aromatic carbocycles. The van der Waals surface area contributed by atoms with Crippen molar-refractivity contribution in [1.82, 2.24) is 24.5 Å². The lowest BCUT2D eigenvalue weighted by Crippen LogP contribution is -2.47. The third-order valence-corrected chi connectivity index (χ3v) is 7.80.